The molecule has 2 aliphatic rings. The van der Waals surface area contributed by atoms with Crippen molar-refractivity contribution in [3.8, 4) is 0 Å². The van der Waals surface area contributed by atoms with Crippen molar-refractivity contribution in [1.29, 1.82) is 0 Å². The number of alkyl carbamates (subject to hydrolysis) is 1. The van der Waals surface area contributed by atoms with Crippen molar-refractivity contribution >= 4 is 35.1 Å². The third-order valence-electron chi connectivity index (χ3n) is 10.8. The second-order valence-electron chi connectivity index (χ2n) is 18.5. The Labute approximate surface area is 361 Å². The molecular formula is C51H76N4O5. The van der Waals surface area contributed by atoms with Crippen molar-refractivity contribution in [3.05, 3.63) is 88.5 Å². The topological polar surface area (TPSA) is 109 Å². The number of hydrogen-bond acceptors (Lipinski definition) is 6. The van der Waals surface area contributed by atoms with E-state index in [0.29, 0.717) is 18.7 Å². The molecule has 9 nitrogen and oxygen atoms in total. The second-order valence-corrected chi connectivity index (χ2v) is 18.5. The Morgan fingerprint density at radius 2 is 1.25 bits per heavy atom. The first-order valence-corrected chi connectivity index (χ1v) is 23.1. The van der Waals surface area contributed by atoms with Crippen LogP contribution in [0.25, 0.3) is 11.3 Å². The quantitative estimate of drug-likeness (QED) is 0.0910. The van der Waals surface area contributed by atoms with Gasteiger partial charge in [-0.15, -0.1) is 0 Å². The summed E-state index contributed by atoms with van der Waals surface area (Å²) in [5, 5.41) is 11.1. The Bertz CT molecular complexity index is 1850. The normalized spacial score (nSPS) is 14.9. The summed E-state index contributed by atoms with van der Waals surface area (Å²) >= 11 is 0. The average Bonchev–Trinajstić information content (AvgIpc) is 3.18. The molecule has 2 aromatic carbocycles. The number of carbonyl (C=O) groups excluding carboxylic acids is 3. The minimum absolute atomic E-state index is 0.169. The van der Waals surface area contributed by atoms with Crippen LogP contribution in [-0.2, 0) is 14.3 Å². The van der Waals surface area contributed by atoms with Gasteiger partial charge in [0.2, 0.25) is 5.91 Å². The predicted octanol–water partition coefficient (Wildman–Crippen LogP) is 11.2. The van der Waals surface area contributed by atoms with Crippen molar-refractivity contribution in [3.63, 3.8) is 0 Å². The summed E-state index contributed by atoms with van der Waals surface area (Å²) in [6.45, 7) is 14.8. The van der Waals surface area contributed by atoms with E-state index < -0.39 is 29.4 Å². The molecule has 1 atom stereocenters. The summed E-state index contributed by atoms with van der Waals surface area (Å²) in [6.07, 6.45) is 26.5. The number of hydrogen-bond donors (Lipinski definition) is 3. The molecule has 0 fully saturated rings. The first-order valence-electron chi connectivity index (χ1n) is 23.1. The van der Waals surface area contributed by atoms with E-state index >= 15 is 0 Å². The third kappa shape index (κ3) is 16.8. The lowest BCUT2D eigenvalue weighted by Gasteiger charge is -2.38. The van der Waals surface area contributed by atoms with E-state index in [9.17, 15) is 14.4 Å². The van der Waals surface area contributed by atoms with E-state index in [4.69, 9.17) is 9.47 Å². The van der Waals surface area contributed by atoms with Gasteiger partial charge < -0.3 is 25.0 Å². The highest BCUT2D eigenvalue weighted by Gasteiger charge is 2.32. The number of amides is 3. The van der Waals surface area contributed by atoms with Crippen LogP contribution in [0.1, 0.15) is 170 Å². The molecule has 2 aromatic rings. The van der Waals surface area contributed by atoms with E-state index in [1.54, 1.807) is 0 Å². The molecule has 1 aliphatic heterocycles. The molecule has 0 aromatic heterocycles. The molecule has 3 amide bonds. The van der Waals surface area contributed by atoms with E-state index in [1.807, 2.05) is 90.1 Å². The fourth-order valence-corrected chi connectivity index (χ4v) is 7.95. The number of rotatable bonds is 24. The molecule has 0 radical (unpaired) electrons. The van der Waals surface area contributed by atoms with E-state index in [-0.39, 0.29) is 5.91 Å². The number of ether oxygens (including phenoxy) is 2. The lowest BCUT2D eigenvalue weighted by atomic mass is 9.89. The lowest BCUT2D eigenvalue weighted by Crippen LogP contribution is -2.49. The van der Waals surface area contributed by atoms with Crippen molar-refractivity contribution in [1.82, 2.24) is 15.5 Å². The summed E-state index contributed by atoms with van der Waals surface area (Å²) in [5.74, 6) is 0.169. The highest BCUT2D eigenvalue weighted by atomic mass is 16.6. The number of nitrogens with one attached hydrogen (secondary N) is 3. The SMILES string of the molecule is CCCCCCCCCCCCCCCC(=O)NCCCCCCN1C2=CC=CC(NC(=O)OC(C)(C)C)C2=c2ccc(NC(=O)OC(C)(C)C)cc2=C1c1ccccc1. The van der Waals surface area contributed by atoms with Gasteiger partial charge in [0.05, 0.1) is 11.7 Å². The minimum Gasteiger partial charge on any atom is -0.444 e. The first-order chi connectivity index (χ1) is 28.8. The highest BCUT2D eigenvalue weighted by Crippen LogP contribution is 2.33. The average molecular weight is 825 g/mol. The van der Waals surface area contributed by atoms with Crippen LogP contribution in [0.15, 0.2) is 72.5 Å². The van der Waals surface area contributed by atoms with Gasteiger partial charge in [0.15, 0.2) is 0 Å². The molecule has 0 spiro atoms. The maximum Gasteiger partial charge on any atom is 0.412 e. The zero-order valence-corrected chi connectivity index (χ0v) is 38.1. The number of benzene rings is 2. The van der Waals surface area contributed by atoms with E-state index in [2.05, 4.69) is 46.0 Å². The Hall–Kier alpha value is -4.53. The minimum atomic E-state index is -0.645. The summed E-state index contributed by atoms with van der Waals surface area (Å²) in [7, 11) is 0. The molecule has 9 heteroatoms. The maximum atomic E-state index is 13.2. The van der Waals surface area contributed by atoms with Crippen LogP contribution in [-0.4, -0.2) is 53.3 Å². The molecule has 0 saturated heterocycles. The Morgan fingerprint density at radius 1 is 0.667 bits per heavy atom. The zero-order valence-electron chi connectivity index (χ0n) is 38.1. The maximum absolute atomic E-state index is 13.2. The Kier molecular flexibility index (Phi) is 19.8. The van der Waals surface area contributed by atoms with Crippen LogP contribution in [0.3, 0.4) is 0 Å². The van der Waals surface area contributed by atoms with Crippen molar-refractivity contribution < 1.29 is 23.9 Å². The summed E-state index contributed by atoms with van der Waals surface area (Å²) in [5.41, 5.74) is 3.38. The Morgan fingerprint density at radius 3 is 1.88 bits per heavy atom. The van der Waals surface area contributed by atoms with Gasteiger partial charge in [-0.25, -0.2) is 9.59 Å². The van der Waals surface area contributed by atoms with Gasteiger partial charge >= 0.3 is 12.2 Å². The van der Waals surface area contributed by atoms with Gasteiger partial charge in [-0.1, -0.05) is 145 Å². The molecule has 330 valence electrons. The van der Waals surface area contributed by atoms with Gasteiger partial charge in [-0.3, -0.25) is 10.1 Å². The van der Waals surface area contributed by atoms with Crippen LogP contribution in [0, 0.1) is 0 Å². The molecule has 0 saturated carbocycles. The summed E-state index contributed by atoms with van der Waals surface area (Å²) in [6, 6.07) is 15.8. The number of anilines is 1. The summed E-state index contributed by atoms with van der Waals surface area (Å²) in [4.78, 5) is 41.0. The fourth-order valence-electron chi connectivity index (χ4n) is 7.95. The smallest absolute Gasteiger partial charge is 0.412 e. The highest BCUT2D eigenvalue weighted by molar-refractivity contribution is 5.87. The van der Waals surface area contributed by atoms with Crippen LogP contribution >= 0.6 is 0 Å². The molecule has 0 bridgehead atoms. The molecule has 1 heterocycles. The van der Waals surface area contributed by atoms with Crippen LogP contribution in [0.4, 0.5) is 15.3 Å². The number of carbonyl (C=O) groups is 3. The zero-order chi connectivity index (χ0) is 43.4. The van der Waals surface area contributed by atoms with Gasteiger partial charge in [-0.05, 0) is 89.8 Å². The van der Waals surface area contributed by atoms with Crippen LogP contribution < -0.4 is 26.4 Å². The predicted molar refractivity (Wildman–Crippen MR) is 247 cm³/mol. The first kappa shape index (κ1) is 48.1. The molecule has 1 aliphatic carbocycles. The molecule has 4 rings (SSSR count). The van der Waals surface area contributed by atoms with Crippen molar-refractivity contribution in [2.75, 3.05) is 18.4 Å². The van der Waals surface area contributed by atoms with Gasteiger partial charge in [-0.2, -0.15) is 0 Å². The van der Waals surface area contributed by atoms with Gasteiger partial charge in [0, 0.05) is 41.7 Å². The Balaban J connectivity index is 1.37. The number of allylic oxidation sites excluding steroid dienone is 2. The van der Waals surface area contributed by atoms with E-state index in [0.717, 1.165) is 78.0 Å². The molecule has 3 N–H and O–H groups in total. The number of fused-ring (bicyclic) bond motifs is 2. The third-order valence-corrected chi connectivity index (χ3v) is 10.8. The standard InChI is InChI=1S/C51H76N4O5/c1-8-9-10-11-12-13-14-15-16-17-18-19-25-33-45(56)52-36-26-20-21-27-37-55-44-32-28-31-43(54-49(58)60-51(5,6)7)46(44)41-35-34-40(53-48(57)59-50(2,3)4)38-42(41)47(55)39-29-23-22-24-30-39/h22-24,28-32,34-35,38,43H,8-21,25-27,33,36-37H2,1-7H3,(H,52,56)(H,53,57)(H,54,58). The largest absolute Gasteiger partial charge is 0.444 e. The molecular weight excluding hydrogens is 749 g/mol. The fraction of sp³-hybridized carbons (Fsp3) is 0.588. The summed E-state index contributed by atoms with van der Waals surface area (Å²) < 4.78 is 11.3. The molecule has 60 heavy (non-hydrogen) atoms. The number of nitrogens with zero attached hydrogens (tertiary/aromatic N) is 1. The van der Waals surface area contributed by atoms with E-state index in [1.165, 1.54) is 70.6 Å². The van der Waals surface area contributed by atoms with Crippen LogP contribution in [0.5, 0.6) is 0 Å². The van der Waals surface area contributed by atoms with Crippen molar-refractivity contribution in [2.24, 2.45) is 0 Å². The lowest BCUT2D eigenvalue weighted by molar-refractivity contribution is -0.121. The second kappa shape index (κ2) is 24.7. The molecule has 1 unspecified atom stereocenters. The van der Waals surface area contributed by atoms with Crippen molar-refractivity contribution in [2.45, 2.75) is 181 Å². The monoisotopic (exact) mass is 825 g/mol. The number of unbranched alkanes of at least 4 members (excludes halogenated alkanes) is 15. The van der Waals surface area contributed by atoms with Gasteiger partial charge in [0.25, 0.3) is 0 Å². The van der Waals surface area contributed by atoms with Gasteiger partial charge in [0.1, 0.15) is 11.2 Å². The van der Waals surface area contributed by atoms with Crippen LogP contribution in [0.2, 0.25) is 0 Å².